The molecule has 1 aliphatic heterocycles. The Morgan fingerprint density at radius 1 is 1.35 bits per heavy atom. The second-order valence-electron chi connectivity index (χ2n) is 5.42. The number of hydrogen-bond donors (Lipinski definition) is 1. The van der Waals surface area contributed by atoms with Crippen LogP contribution in [0.2, 0.25) is 5.02 Å². The summed E-state index contributed by atoms with van der Waals surface area (Å²) in [5.74, 6) is -0.181. The molecule has 5 nitrogen and oxygen atoms in total. The van der Waals surface area contributed by atoms with Crippen LogP contribution in [-0.4, -0.2) is 33.9 Å². The number of aryl methyl sites for hydroxylation is 1. The van der Waals surface area contributed by atoms with E-state index in [0.717, 1.165) is 0 Å². The summed E-state index contributed by atoms with van der Waals surface area (Å²) < 4.78 is 50.4. The van der Waals surface area contributed by atoms with Gasteiger partial charge in [0.25, 0.3) is 0 Å². The van der Waals surface area contributed by atoms with E-state index >= 15 is 0 Å². The fourth-order valence-corrected chi connectivity index (χ4v) is 6.46. The molecule has 0 bridgehead atoms. The van der Waals surface area contributed by atoms with Gasteiger partial charge in [-0.2, -0.15) is 0 Å². The van der Waals surface area contributed by atoms with Gasteiger partial charge in [-0.1, -0.05) is 17.7 Å². The van der Waals surface area contributed by atoms with Gasteiger partial charge >= 0.3 is 0 Å². The molecule has 0 amide bonds. The molecule has 1 atom stereocenters. The van der Waals surface area contributed by atoms with Crippen LogP contribution in [0, 0.1) is 6.92 Å². The van der Waals surface area contributed by atoms with E-state index in [-0.39, 0.29) is 22.8 Å². The van der Waals surface area contributed by atoms with Gasteiger partial charge in [0.1, 0.15) is 0 Å². The Morgan fingerprint density at radius 3 is 2.55 bits per heavy atom. The molecule has 0 saturated carbocycles. The van der Waals surface area contributed by atoms with Crippen molar-refractivity contribution in [1.29, 1.82) is 0 Å². The van der Waals surface area contributed by atoms with Gasteiger partial charge in [-0.15, -0.1) is 0 Å². The zero-order chi connectivity index (χ0) is 15.2. The van der Waals surface area contributed by atoms with Crippen LogP contribution >= 0.6 is 11.6 Å². The van der Waals surface area contributed by atoms with E-state index in [9.17, 15) is 16.8 Å². The predicted molar refractivity (Wildman–Crippen MR) is 78.2 cm³/mol. The van der Waals surface area contributed by atoms with Crippen molar-refractivity contribution in [2.45, 2.75) is 30.7 Å². The molecule has 0 radical (unpaired) electrons. The van der Waals surface area contributed by atoms with E-state index in [0.29, 0.717) is 10.6 Å². The molecule has 1 aliphatic rings. The number of benzene rings is 1. The minimum atomic E-state index is -3.80. The van der Waals surface area contributed by atoms with Crippen molar-refractivity contribution >= 4 is 31.5 Å². The average molecular weight is 338 g/mol. The summed E-state index contributed by atoms with van der Waals surface area (Å²) >= 11 is 5.83. The number of rotatable bonds is 3. The van der Waals surface area contributed by atoms with Crippen LogP contribution in [0.15, 0.2) is 23.1 Å². The lowest BCUT2D eigenvalue weighted by atomic mass is 10.0. The number of halogens is 1. The molecular weight excluding hydrogens is 322 g/mol. The zero-order valence-corrected chi connectivity index (χ0v) is 13.6. The van der Waals surface area contributed by atoms with Crippen molar-refractivity contribution in [3.8, 4) is 0 Å². The normalized spacial score (nSPS) is 25.8. The Labute approximate surface area is 124 Å². The molecule has 0 spiro atoms. The highest BCUT2D eigenvalue weighted by atomic mass is 35.5. The Bertz CT molecular complexity index is 743. The third-order valence-corrected chi connectivity index (χ3v) is 7.24. The molecule has 1 fully saturated rings. The first-order chi connectivity index (χ1) is 9.03. The maximum Gasteiger partial charge on any atom is 0.241 e. The van der Waals surface area contributed by atoms with Gasteiger partial charge in [-0.05, 0) is 38.0 Å². The van der Waals surface area contributed by atoms with Gasteiger partial charge in [0.05, 0.1) is 16.4 Å². The summed E-state index contributed by atoms with van der Waals surface area (Å²) in [6, 6.07) is 4.59. The van der Waals surface area contributed by atoms with Crippen molar-refractivity contribution < 1.29 is 16.8 Å². The van der Waals surface area contributed by atoms with Crippen molar-refractivity contribution in [2.24, 2.45) is 0 Å². The van der Waals surface area contributed by atoms with Crippen molar-refractivity contribution in [1.82, 2.24) is 4.72 Å². The largest absolute Gasteiger partial charge is 0.241 e. The van der Waals surface area contributed by atoms with Crippen LogP contribution < -0.4 is 4.72 Å². The standard InChI is InChI=1S/C12H16ClNO4S2/c1-9-3-4-10(13)7-11(9)20(17,18)14-12(2)5-6-19(15,16)8-12/h3-4,7,14H,5-6,8H2,1-2H3. The van der Waals surface area contributed by atoms with Gasteiger partial charge in [0, 0.05) is 10.6 Å². The lowest BCUT2D eigenvalue weighted by Gasteiger charge is -2.24. The van der Waals surface area contributed by atoms with Crippen LogP contribution in [0.5, 0.6) is 0 Å². The molecule has 0 aliphatic carbocycles. The topological polar surface area (TPSA) is 80.3 Å². The van der Waals surface area contributed by atoms with E-state index in [1.165, 1.54) is 6.07 Å². The molecule has 1 unspecified atom stereocenters. The summed E-state index contributed by atoms with van der Waals surface area (Å²) in [7, 11) is -6.98. The molecule has 8 heteroatoms. The quantitative estimate of drug-likeness (QED) is 0.906. The van der Waals surface area contributed by atoms with Gasteiger partial charge in [-0.25, -0.2) is 21.6 Å². The van der Waals surface area contributed by atoms with Gasteiger partial charge in [-0.3, -0.25) is 0 Å². The van der Waals surface area contributed by atoms with E-state index in [1.807, 2.05) is 0 Å². The van der Waals surface area contributed by atoms with Crippen LogP contribution in [-0.2, 0) is 19.9 Å². The lowest BCUT2D eigenvalue weighted by molar-refractivity contribution is 0.461. The first-order valence-electron chi connectivity index (χ1n) is 6.04. The molecule has 1 heterocycles. The third kappa shape index (κ3) is 3.33. The molecule has 112 valence electrons. The molecule has 20 heavy (non-hydrogen) atoms. The van der Waals surface area contributed by atoms with E-state index in [1.54, 1.807) is 26.0 Å². The Kier molecular flexibility index (Phi) is 3.92. The summed E-state index contributed by atoms with van der Waals surface area (Å²) in [4.78, 5) is 0.0792. The van der Waals surface area contributed by atoms with Crippen LogP contribution in [0.25, 0.3) is 0 Å². The van der Waals surface area contributed by atoms with Gasteiger partial charge < -0.3 is 0 Å². The Morgan fingerprint density at radius 2 is 2.00 bits per heavy atom. The first-order valence-corrected chi connectivity index (χ1v) is 9.72. The van der Waals surface area contributed by atoms with Crippen molar-refractivity contribution in [3.05, 3.63) is 28.8 Å². The zero-order valence-electron chi connectivity index (χ0n) is 11.2. The Hall–Kier alpha value is -0.630. The summed E-state index contributed by atoms with van der Waals surface area (Å²) in [5.41, 5.74) is -0.404. The second kappa shape index (κ2) is 4.98. The molecule has 1 saturated heterocycles. The molecule has 2 rings (SSSR count). The number of nitrogens with one attached hydrogen (secondary N) is 1. The number of hydrogen-bond acceptors (Lipinski definition) is 4. The highest BCUT2D eigenvalue weighted by molar-refractivity contribution is 7.92. The maximum absolute atomic E-state index is 12.4. The predicted octanol–water partition coefficient (Wildman–Crippen LogP) is 1.50. The molecule has 1 N–H and O–H groups in total. The monoisotopic (exact) mass is 337 g/mol. The summed E-state index contributed by atoms with van der Waals surface area (Å²) in [6.45, 7) is 3.27. The highest BCUT2D eigenvalue weighted by Crippen LogP contribution is 2.27. The fraction of sp³-hybridized carbons (Fsp3) is 0.500. The van der Waals surface area contributed by atoms with E-state index < -0.39 is 25.4 Å². The highest BCUT2D eigenvalue weighted by Gasteiger charge is 2.41. The SMILES string of the molecule is Cc1ccc(Cl)cc1S(=O)(=O)NC1(C)CCS(=O)(=O)C1. The molecule has 0 aromatic heterocycles. The fourth-order valence-electron chi connectivity index (χ4n) is 2.33. The van der Waals surface area contributed by atoms with Crippen molar-refractivity contribution in [3.63, 3.8) is 0 Å². The summed E-state index contributed by atoms with van der Waals surface area (Å²) in [6.07, 6.45) is 0.272. The molecule has 1 aromatic rings. The van der Waals surface area contributed by atoms with Crippen molar-refractivity contribution in [2.75, 3.05) is 11.5 Å². The van der Waals surface area contributed by atoms with E-state index in [2.05, 4.69) is 4.72 Å². The average Bonchev–Trinajstić information content (AvgIpc) is 2.55. The lowest BCUT2D eigenvalue weighted by Crippen LogP contribution is -2.46. The maximum atomic E-state index is 12.4. The third-order valence-electron chi connectivity index (χ3n) is 3.32. The van der Waals surface area contributed by atoms with Crippen LogP contribution in [0.4, 0.5) is 0 Å². The Balaban J connectivity index is 2.35. The molecule has 1 aromatic carbocycles. The second-order valence-corrected chi connectivity index (χ2v) is 9.69. The van der Waals surface area contributed by atoms with Crippen LogP contribution in [0.1, 0.15) is 18.9 Å². The van der Waals surface area contributed by atoms with E-state index in [4.69, 9.17) is 11.6 Å². The molecular formula is C12H16ClNO4S2. The summed E-state index contributed by atoms with van der Waals surface area (Å²) in [5, 5.41) is 0.320. The van der Waals surface area contributed by atoms with Gasteiger partial charge in [0.15, 0.2) is 9.84 Å². The minimum absolute atomic E-state index is 0.000544. The van der Waals surface area contributed by atoms with Gasteiger partial charge in [0.2, 0.25) is 10.0 Å². The van der Waals surface area contributed by atoms with Crippen LogP contribution in [0.3, 0.4) is 0 Å². The number of sulfonamides is 1. The number of sulfone groups is 1. The smallest absolute Gasteiger partial charge is 0.229 e. The first kappa shape index (κ1) is 15.8. The minimum Gasteiger partial charge on any atom is -0.229 e.